The van der Waals surface area contributed by atoms with E-state index in [1.807, 2.05) is 6.92 Å². The summed E-state index contributed by atoms with van der Waals surface area (Å²) in [6.07, 6.45) is 1.69. The highest BCUT2D eigenvalue weighted by atomic mass is 35.5. The normalized spacial score (nSPS) is 11.9. The molecule has 1 heterocycles. The minimum absolute atomic E-state index is 0. The topological polar surface area (TPSA) is 82.3 Å². The molecule has 1 rings (SSSR count). The molecule has 0 aliphatic carbocycles. The molecule has 1 aromatic heterocycles. The molecular weight excluding hydrogens is 208 g/mol. The number of halogens is 1. The van der Waals surface area contributed by atoms with Crippen molar-refractivity contribution in [3.63, 3.8) is 0 Å². The van der Waals surface area contributed by atoms with Crippen LogP contribution < -0.4 is 5.73 Å². The Morgan fingerprint density at radius 1 is 1.64 bits per heavy atom. The average molecular weight is 221 g/mol. The van der Waals surface area contributed by atoms with Crippen LogP contribution in [-0.2, 0) is 0 Å². The fourth-order valence-corrected chi connectivity index (χ4v) is 1.09. The minimum Gasteiger partial charge on any atom is -0.404 e. The van der Waals surface area contributed by atoms with Crippen LogP contribution in [0.15, 0.2) is 16.5 Å². The van der Waals surface area contributed by atoms with Crippen LogP contribution in [0.2, 0.25) is 0 Å². The zero-order chi connectivity index (χ0) is 9.84. The van der Waals surface area contributed by atoms with Gasteiger partial charge in [0.1, 0.15) is 10.7 Å². The fraction of sp³-hybridized carbons (Fsp3) is 0.500. The van der Waals surface area contributed by atoms with Crippen molar-refractivity contribution in [1.82, 2.24) is 0 Å². The largest absolute Gasteiger partial charge is 0.433 e. The molecule has 0 spiro atoms. The maximum Gasteiger partial charge on any atom is 0.433 e. The number of nitrogens with zero attached hydrogens (tertiary/aromatic N) is 1. The van der Waals surface area contributed by atoms with Crippen LogP contribution in [0.1, 0.15) is 31.6 Å². The molecule has 1 aromatic rings. The van der Waals surface area contributed by atoms with Crippen molar-refractivity contribution < 1.29 is 9.34 Å². The molecule has 0 aliphatic rings. The smallest absolute Gasteiger partial charge is 0.404 e. The quantitative estimate of drug-likeness (QED) is 0.624. The third-order valence-electron chi connectivity index (χ3n) is 1.76. The Morgan fingerprint density at radius 2 is 2.29 bits per heavy atom. The monoisotopic (exact) mass is 220 g/mol. The van der Waals surface area contributed by atoms with Gasteiger partial charge in [0.2, 0.25) is 0 Å². The molecule has 0 amide bonds. The van der Waals surface area contributed by atoms with Gasteiger partial charge in [-0.2, -0.15) is 0 Å². The Morgan fingerprint density at radius 3 is 2.71 bits per heavy atom. The highest BCUT2D eigenvalue weighted by molar-refractivity contribution is 5.85. The van der Waals surface area contributed by atoms with Gasteiger partial charge >= 0.3 is 5.88 Å². The molecule has 6 heteroatoms. The number of hydrogen-bond donors (Lipinski definition) is 1. The lowest BCUT2D eigenvalue weighted by Gasteiger charge is -2.04. The molecule has 0 bridgehead atoms. The summed E-state index contributed by atoms with van der Waals surface area (Å²) in [6, 6.07) is 2.64. The van der Waals surface area contributed by atoms with Gasteiger partial charge in [-0.1, -0.05) is 13.3 Å². The van der Waals surface area contributed by atoms with Gasteiger partial charge in [-0.25, -0.2) is 0 Å². The van der Waals surface area contributed by atoms with Gasteiger partial charge in [0.15, 0.2) is 0 Å². The van der Waals surface area contributed by atoms with E-state index in [0.717, 1.165) is 12.8 Å². The van der Waals surface area contributed by atoms with Crippen molar-refractivity contribution in [3.05, 3.63) is 28.0 Å². The second-order valence-corrected chi connectivity index (χ2v) is 2.83. The predicted octanol–water partition coefficient (Wildman–Crippen LogP) is 2.41. The highest BCUT2D eigenvalue weighted by Crippen LogP contribution is 2.22. The molecule has 2 N–H and O–H groups in total. The van der Waals surface area contributed by atoms with Crippen molar-refractivity contribution in [2.75, 3.05) is 0 Å². The van der Waals surface area contributed by atoms with Crippen LogP contribution in [0, 0.1) is 10.1 Å². The van der Waals surface area contributed by atoms with Crippen LogP contribution >= 0.6 is 12.4 Å². The van der Waals surface area contributed by atoms with Crippen LogP contribution in [0.3, 0.4) is 0 Å². The number of nitro groups is 1. The van der Waals surface area contributed by atoms with Crippen LogP contribution in [0.4, 0.5) is 5.88 Å². The van der Waals surface area contributed by atoms with Gasteiger partial charge < -0.3 is 10.2 Å². The molecule has 80 valence electrons. The van der Waals surface area contributed by atoms with Gasteiger partial charge in [-0.15, -0.1) is 12.4 Å². The fourth-order valence-electron chi connectivity index (χ4n) is 1.09. The summed E-state index contributed by atoms with van der Waals surface area (Å²) in [7, 11) is 0. The van der Waals surface area contributed by atoms with E-state index in [-0.39, 0.29) is 24.3 Å². The Balaban J connectivity index is 0.00000169. The van der Waals surface area contributed by atoms with Gasteiger partial charge in [0, 0.05) is 0 Å². The molecule has 0 radical (unpaired) electrons. The molecule has 5 nitrogen and oxygen atoms in total. The van der Waals surface area contributed by atoms with Crippen LogP contribution in [0.5, 0.6) is 0 Å². The standard InChI is InChI=1S/C8H12N2O3.ClH/c1-2-3-6(9)7-4-5-8(13-7)10(11)12;/h4-6H,2-3,9H2,1H3;1H/t6-;/m0./s1. The summed E-state index contributed by atoms with van der Waals surface area (Å²) in [4.78, 5) is 9.70. The second kappa shape index (κ2) is 5.62. The highest BCUT2D eigenvalue weighted by Gasteiger charge is 2.15. The first-order valence-corrected chi connectivity index (χ1v) is 4.15. The zero-order valence-corrected chi connectivity index (χ0v) is 8.62. The zero-order valence-electron chi connectivity index (χ0n) is 7.80. The molecule has 0 unspecified atom stereocenters. The summed E-state index contributed by atoms with van der Waals surface area (Å²) >= 11 is 0. The SMILES string of the molecule is CCC[C@H](N)c1ccc([N+](=O)[O-])o1.Cl. The van der Waals surface area contributed by atoms with E-state index in [2.05, 4.69) is 0 Å². The van der Waals surface area contributed by atoms with E-state index >= 15 is 0 Å². The lowest BCUT2D eigenvalue weighted by atomic mass is 10.1. The number of nitrogens with two attached hydrogens (primary N) is 1. The first-order chi connectivity index (χ1) is 6.15. The lowest BCUT2D eigenvalue weighted by Crippen LogP contribution is -2.08. The van der Waals surface area contributed by atoms with Crippen molar-refractivity contribution in [1.29, 1.82) is 0 Å². The summed E-state index contributed by atoms with van der Waals surface area (Å²) < 4.78 is 4.94. The van der Waals surface area contributed by atoms with Gasteiger partial charge in [0.05, 0.1) is 12.1 Å². The van der Waals surface area contributed by atoms with Crippen molar-refractivity contribution in [3.8, 4) is 0 Å². The van der Waals surface area contributed by atoms with Gasteiger partial charge in [-0.3, -0.25) is 10.1 Å². The third-order valence-corrected chi connectivity index (χ3v) is 1.76. The minimum atomic E-state index is -0.567. The Labute approximate surface area is 87.8 Å². The Bertz CT molecular complexity index is 301. The second-order valence-electron chi connectivity index (χ2n) is 2.83. The molecule has 0 aliphatic heterocycles. The molecule has 0 aromatic carbocycles. The molecular formula is C8H13ClN2O3. The first-order valence-electron chi connectivity index (χ1n) is 4.15. The first kappa shape index (κ1) is 12.9. The van der Waals surface area contributed by atoms with Crippen molar-refractivity contribution in [2.45, 2.75) is 25.8 Å². The number of hydrogen-bond acceptors (Lipinski definition) is 4. The van der Waals surface area contributed by atoms with Gasteiger partial charge in [0.25, 0.3) is 0 Å². The van der Waals surface area contributed by atoms with Crippen LogP contribution in [-0.4, -0.2) is 4.92 Å². The van der Waals surface area contributed by atoms with Crippen molar-refractivity contribution >= 4 is 18.3 Å². The number of furan rings is 1. The summed E-state index contributed by atoms with van der Waals surface area (Å²) in [5, 5.41) is 10.3. The van der Waals surface area contributed by atoms with Crippen LogP contribution in [0.25, 0.3) is 0 Å². The van der Waals surface area contributed by atoms with E-state index in [1.54, 1.807) is 6.07 Å². The predicted molar refractivity (Wildman–Crippen MR) is 54.4 cm³/mol. The molecule has 0 fully saturated rings. The molecule has 0 saturated heterocycles. The maximum atomic E-state index is 10.3. The summed E-state index contributed by atoms with van der Waals surface area (Å²) in [5.74, 6) is 0.232. The van der Waals surface area contributed by atoms with Gasteiger partial charge in [-0.05, 0) is 12.5 Å². The van der Waals surface area contributed by atoms with E-state index in [0.29, 0.717) is 5.76 Å². The van der Waals surface area contributed by atoms with E-state index < -0.39 is 4.92 Å². The van der Waals surface area contributed by atoms with E-state index in [9.17, 15) is 10.1 Å². The van der Waals surface area contributed by atoms with E-state index in [1.165, 1.54) is 6.07 Å². The molecule has 14 heavy (non-hydrogen) atoms. The Kier molecular flexibility index (Phi) is 5.19. The molecule has 0 saturated carbocycles. The molecule has 1 atom stereocenters. The Hall–Kier alpha value is -1.07. The third kappa shape index (κ3) is 3.01. The summed E-state index contributed by atoms with van der Waals surface area (Å²) in [6.45, 7) is 2.00. The maximum absolute atomic E-state index is 10.3. The van der Waals surface area contributed by atoms with E-state index in [4.69, 9.17) is 10.2 Å². The lowest BCUT2D eigenvalue weighted by molar-refractivity contribution is -0.402. The number of rotatable bonds is 4. The summed E-state index contributed by atoms with van der Waals surface area (Å²) in [5.41, 5.74) is 5.70. The van der Waals surface area contributed by atoms with Crippen molar-refractivity contribution in [2.24, 2.45) is 5.73 Å². The average Bonchev–Trinajstić information content (AvgIpc) is 2.52.